The molecule has 1 N–H and O–H groups in total. The lowest BCUT2D eigenvalue weighted by atomic mass is 9.82. The molecule has 0 radical (unpaired) electrons. The third-order valence-corrected chi connectivity index (χ3v) is 5.64. The van der Waals surface area contributed by atoms with Crippen LogP contribution in [-0.2, 0) is 0 Å². The molecule has 1 saturated heterocycles. The Morgan fingerprint density at radius 1 is 0.706 bits per heavy atom. The van der Waals surface area contributed by atoms with Gasteiger partial charge in [-0.3, -0.25) is 0 Å². The first-order valence-corrected chi connectivity index (χ1v) is 8.18. The highest BCUT2D eigenvalue weighted by molar-refractivity contribution is 4.91. The van der Waals surface area contributed by atoms with E-state index in [0.717, 1.165) is 23.9 Å². The molecule has 0 amide bonds. The van der Waals surface area contributed by atoms with Crippen LogP contribution in [0.3, 0.4) is 0 Å². The topological polar surface area (TPSA) is 12.0 Å². The fourth-order valence-electron chi connectivity index (χ4n) is 4.54. The van der Waals surface area contributed by atoms with Gasteiger partial charge in [-0.05, 0) is 50.4 Å². The van der Waals surface area contributed by atoms with Crippen molar-refractivity contribution < 1.29 is 0 Å². The van der Waals surface area contributed by atoms with Crippen LogP contribution < -0.4 is 5.32 Å². The first-order chi connectivity index (χ1) is 8.42. The van der Waals surface area contributed by atoms with Gasteiger partial charge >= 0.3 is 0 Å². The number of hydrogen-bond acceptors (Lipinski definition) is 1. The maximum atomic E-state index is 3.95. The largest absolute Gasteiger partial charge is 0.311 e. The van der Waals surface area contributed by atoms with Crippen LogP contribution in [0.2, 0.25) is 0 Å². The van der Waals surface area contributed by atoms with Gasteiger partial charge in [-0.15, -0.1) is 0 Å². The van der Waals surface area contributed by atoms with E-state index in [1.54, 1.807) is 0 Å². The molecule has 1 nitrogen and oxygen atoms in total. The summed E-state index contributed by atoms with van der Waals surface area (Å²) in [6.07, 6.45) is 18.0. The molecule has 1 heteroatoms. The van der Waals surface area contributed by atoms with Gasteiger partial charge in [-0.1, -0.05) is 38.5 Å². The van der Waals surface area contributed by atoms with Crippen molar-refractivity contribution in [2.45, 2.75) is 89.1 Å². The summed E-state index contributed by atoms with van der Waals surface area (Å²) in [5, 5.41) is 3.95. The van der Waals surface area contributed by atoms with Gasteiger partial charge in [-0.2, -0.15) is 0 Å². The molecule has 1 heterocycles. The second-order valence-electron chi connectivity index (χ2n) is 6.82. The summed E-state index contributed by atoms with van der Waals surface area (Å²) in [5.74, 6) is 2.12. The Morgan fingerprint density at radius 3 is 2.47 bits per heavy atom. The summed E-state index contributed by atoms with van der Waals surface area (Å²) in [7, 11) is 0. The van der Waals surface area contributed by atoms with Gasteiger partial charge in [0.05, 0.1) is 0 Å². The van der Waals surface area contributed by atoms with Crippen LogP contribution >= 0.6 is 0 Å². The molecular formula is C16H29N. The molecule has 3 unspecified atom stereocenters. The second-order valence-corrected chi connectivity index (χ2v) is 6.82. The van der Waals surface area contributed by atoms with E-state index in [1.807, 2.05) is 0 Å². The third kappa shape index (κ3) is 3.05. The average molecular weight is 235 g/mol. The van der Waals surface area contributed by atoms with Gasteiger partial charge in [-0.25, -0.2) is 0 Å². The van der Waals surface area contributed by atoms with Crippen molar-refractivity contribution in [2.24, 2.45) is 11.8 Å². The Balaban J connectivity index is 1.40. The van der Waals surface area contributed by atoms with Crippen molar-refractivity contribution in [3.63, 3.8) is 0 Å². The maximum Gasteiger partial charge on any atom is 0.00979 e. The molecule has 0 aromatic carbocycles. The molecule has 0 spiro atoms. The van der Waals surface area contributed by atoms with E-state index in [2.05, 4.69) is 5.32 Å². The lowest BCUT2D eigenvalue weighted by Crippen LogP contribution is -2.45. The first-order valence-electron chi connectivity index (χ1n) is 8.18. The summed E-state index contributed by atoms with van der Waals surface area (Å²) in [4.78, 5) is 0. The van der Waals surface area contributed by atoms with E-state index in [-0.39, 0.29) is 0 Å². The highest BCUT2D eigenvalue weighted by Gasteiger charge is 2.33. The molecule has 2 saturated carbocycles. The highest BCUT2D eigenvalue weighted by Crippen LogP contribution is 2.35. The van der Waals surface area contributed by atoms with Crippen LogP contribution in [-0.4, -0.2) is 12.1 Å². The molecule has 3 fully saturated rings. The zero-order valence-corrected chi connectivity index (χ0v) is 11.3. The second kappa shape index (κ2) is 5.73. The molecular weight excluding hydrogens is 206 g/mol. The molecule has 17 heavy (non-hydrogen) atoms. The number of piperidine rings is 1. The number of fused-ring (bicyclic) bond motifs is 1. The summed E-state index contributed by atoms with van der Waals surface area (Å²) in [6.45, 7) is 0. The predicted molar refractivity (Wildman–Crippen MR) is 73.1 cm³/mol. The zero-order chi connectivity index (χ0) is 11.5. The average Bonchev–Trinajstić information content (AvgIpc) is 2.85. The highest BCUT2D eigenvalue weighted by atomic mass is 15.0. The van der Waals surface area contributed by atoms with Gasteiger partial charge in [0.25, 0.3) is 0 Å². The Labute approximate surface area is 107 Å². The Morgan fingerprint density at radius 2 is 1.59 bits per heavy atom. The van der Waals surface area contributed by atoms with E-state index < -0.39 is 0 Å². The van der Waals surface area contributed by atoms with Crippen LogP contribution in [0.4, 0.5) is 0 Å². The van der Waals surface area contributed by atoms with E-state index in [1.165, 1.54) is 77.0 Å². The summed E-state index contributed by atoms with van der Waals surface area (Å²) in [5.41, 5.74) is 0. The number of hydrogen-bond donors (Lipinski definition) is 1. The standard InChI is InChI=1S/C16H29N/c1-2-5-13(6-3-1)9-11-15-12-10-14-7-4-8-16(14)17-15/h13-17H,1-12H2. The lowest BCUT2D eigenvalue weighted by molar-refractivity contribution is 0.230. The minimum absolute atomic E-state index is 0.872. The fraction of sp³-hybridized carbons (Fsp3) is 1.00. The normalized spacial score (nSPS) is 39.2. The number of rotatable bonds is 3. The van der Waals surface area contributed by atoms with Crippen molar-refractivity contribution in [3.05, 3.63) is 0 Å². The monoisotopic (exact) mass is 235 g/mol. The van der Waals surface area contributed by atoms with Crippen LogP contribution in [0, 0.1) is 11.8 Å². The van der Waals surface area contributed by atoms with Crippen LogP contribution in [0.15, 0.2) is 0 Å². The fourth-order valence-corrected chi connectivity index (χ4v) is 4.54. The van der Waals surface area contributed by atoms with Crippen molar-refractivity contribution in [1.82, 2.24) is 5.32 Å². The van der Waals surface area contributed by atoms with Gasteiger partial charge in [0.2, 0.25) is 0 Å². The SMILES string of the molecule is C1CCC(CCC2CCC3CCCC3N2)CC1. The van der Waals surface area contributed by atoms with Gasteiger partial charge < -0.3 is 5.32 Å². The van der Waals surface area contributed by atoms with Crippen molar-refractivity contribution in [1.29, 1.82) is 0 Å². The zero-order valence-electron chi connectivity index (χ0n) is 11.3. The lowest BCUT2D eigenvalue weighted by Gasteiger charge is -2.34. The van der Waals surface area contributed by atoms with Gasteiger partial charge in [0, 0.05) is 12.1 Å². The number of nitrogens with one attached hydrogen (secondary N) is 1. The predicted octanol–water partition coefficient (Wildman–Crippen LogP) is 4.27. The Bertz CT molecular complexity index is 232. The molecule has 98 valence electrons. The Kier molecular flexibility index (Phi) is 4.05. The van der Waals surface area contributed by atoms with E-state index >= 15 is 0 Å². The first kappa shape index (κ1) is 12.0. The molecule has 3 aliphatic rings. The molecule has 3 rings (SSSR count). The van der Waals surface area contributed by atoms with E-state index in [4.69, 9.17) is 0 Å². The van der Waals surface area contributed by atoms with Crippen molar-refractivity contribution >= 4 is 0 Å². The molecule has 1 aliphatic heterocycles. The van der Waals surface area contributed by atoms with Crippen LogP contribution in [0.5, 0.6) is 0 Å². The van der Waals surface area contributed by atoms with Crippen LogP contribution in [0.25, 0.3) is 0 Å². The van der Waals surface area contributed by atoms with Gasteiger partial charge in [0.15, 0.2) is 0 Å². The Hall–Kier alpha value is -0.0400. The van der Waals surface area contributed by atoms with Gasteiger partial charge in [0.1, 0.15) is 0 Å². The molecule has 0 bridgehead atoms. The summed E-state index contributed by atoms with van der Waals surface area (Å²) >= 11 is 0. The van der Waals surface area contributed by atoms with Crippen molar-refractivity contribution in [3.8, 4) is 0 Å². The van der Waals surface area contributed by atoms with Crippen molar-refractivity contribution in [2.75, 3.05) is 0 Å². The summed E-state index contributed by atoms with van der Waals surface area (Å²) in [6, 6.07) is 1.77. The molecule has 0 aromatic heterocycles. The minimum Gasteiger partial charge on any atom is -0.311 e. The van der Waals surface area contributed by atoms with Crippen LogP contribution in [0.1, 0.15) is 77.0 Å². The molecule has 0 aromatic rings. The smallest absolute Gasteiger partial charge is 0.00979 e. The van der Waals surface area contributed by atoms with E-state index in [0.29, 0.717) is 0 Å². The molecule has 3 atom stereocenters. The third-order valence-electron chi connectivity index (χ3n) is 5.64. The summed E-state index contributed by atoms with van der Waals surface area (Å²) < 4.78 is 0. The molecule has 2 aliphatic carbocycles. The quantitative estimate of drug-likeness (QED) is 0.770. The maximum absolute atomic E-state index is 3.95. The van der Waals surface area contributed by atoms with E-state index in [9.17, 15) is 0 Å². The minimum atomic E-state index is 0.872.